The van der Waals surface area contributed by atoms with Gasteiger partial charge in [0, 0.05) is 22.7 Å². The van der Waals surface area contributed by atoms with Crippen molar-refractivity contribution in [2.75, 3.05) is 26.6 Å². The third kappa shape index (κ3) is 4.08. The molecule has 1 aromatic heterocycles. The summed E-state index contributed by atoms with van der Waals surface area (Å²) in [7, 11) is 1.13. The molecular weight excluding hydrogens is 414 g/mol. The molecule has 0 atom stereocenters. The summed E-state index contributed by atoms with van der Waals surface area (Å²) in [5.74, 6) is 2.13. The molecule has 1 heterocycles. The first-order valence-electron chi connectivity index (χ1n) is 9.60. The van der Waals surface area contributed by atoms with Gasteiger partial charge in [-0.25, -0.2) is 13.1 Å². The fraction of sp³-hybridized carbons (Fsp3) is 0.130. The van der Waals surface area contributed by atoms with Crippen LogP contribution in [0.2, 0.25) is 0 Å². The lowest BCUT2D eigenvalue weighted by molar-refractivity contribution is 0.355. The Balaban J connectivity index is 1.68. The van der Waals surface area contributed by atoms with E-state index in [1.54, 1.807) is 38.5 Å². The van der Waals surface area contributed by atoms with Gasteiger partial charge >= 0.3 is 0 Å². The topological polar surface area (TPSA) is 92.5 Å². The van der Waals surface area contributed by atoms with Gasteiger partial charge in [0.15, 0.2) is 11.5 Å². The van der Waals surface area contributed by atoms with Crippen LogP contribution >= 0.6 is 0 Å². The van der Waals surface area contributed by atoms with Gasteiger partial charge in [-0.1, -0.05) is 30.3 Å². The Hall–Kier alpha value is -3.49. The molecule has 0 fully saturated rings. The molecule has 0 spiro atoms. The van der Waals surface area contributed by atoms with Crippen molar-refractivity contribution in [2.24, 2.45) is 0 Å². The van der Waals surface area contributed by atoms with Gasteiger partial charge in [-0.3, -0.25) is 0 Å². The van der Waals surface area contributed by atoms with E-state index in [2.05, 4.69) is 15.0 Å². The highest BCUT2D eigenvalue weighted by Crippen LogP contribution is 2.34. The van der Waals surface area contributed by atoms with Crippen LogP contribution in [0.25, 0.3) is 22.0 Å². The molecule has 0 aliphatic rings. The van der Waals surface area contributed by atoms with E-state index in [0.29, 0.717) is 11.5 Å². The number of rotatable bonds is 7. The summed E-state index contributed by atoms with van der Waals surface area (Å²) in [4.78, 5) is 3.65. The van der Waals surface area contributed by atoms with E-state index in [1.165, 1.54) is 7.05 Å². The molecule has 0 radical (unpaired) electrons. The normalized spacial score (nSPS) is 11.5. The number of H-pyrrole nitrogens is 1. The number of aromatic amines is 1. The molecule has 3 N–H and O–H groups in total. The molecule has 7 nitrogen and oxygen atoms in total. The number of nitrogens with one attached hydrogen (secondary N) is 3. The Morgan fingerprint density at radius 2 is 1.61 bits per heavy atom. The highest BCUT2D eigenvalue weighted by Gasteiger charge is 2.13. The summed E-state index contributed by atoms with van der Waals surface area (Å²) in [6.07, 6.45) is 0. The Morgan fingerprint density at radius 1 is 0.871 bits per heavy atom. The second-order valence-electron chi connectivity index (χ2n) is 6.88. The molecule has 31 heavy (non-hydrogen) atoms. The molecule has 0 bridgehead atoms. The number of sulfonamides is 1. The fourth-order valence-electron chi connectivity index (χ4n) is 3.47. The molecule has 0 amide bonds. The molecule has 3 aromatic carbocycles. The van der Waals surface area contributed by atoms with Crippen LogP contribution < -0.4 is 19.5 Å². The van der Waals surface area contributed by atoms with E-state index in [-0.39, 0.29) is 4.90 Å². The molecule has 0 aliphatic heterocycles. The van der Waals surface area contributed by atoms with Crippen molar-refractivity contribution in [1.29, 1.82) is 0 Å². The number of anilines is 2. The zero-order valence-electron chi connectivity index (χ0n) is 17.4. The SMILES string of the molecule is CNS(=O)(=O)c1ccc(-c2cccc3cc(Nc4ccc(OC)c(OC)c4)[nH]c23)cc1. The van der Waals surface area contributed by atoms with E-state index in [0.717, 1.165) is 33.5 Å². The van der Waals surface area contributed by atoms with Crippen molar-refractivity contribution in [1.82, 2.24) is 9.71 Å². The number of para-hydroxylation sites is 1. The van der Waals surface area contributed by atoms with E-state index in [1.807, 2.05) is 42.5 Å². The Morgan fingerprint density at radius 3 is 2.29 bits per heavy atom. The summed E-state index contributed by atoms with van der Waals surface area (Å²) < 4.78 is 37.0. The van der Waals surface area contributed by atoms with Gasteiger partial charge in [-0.2, -0.15) is 0 Å². The molecule has 4 rings (SSSR count). The highest BCUT2D eigenvalue weighted by atomic mass is 32.2. The summed E-state index contributed by atoms with van der Waals surface area (Å²) in [6, 6.07) is 20.5. The van der Waals surface area contributed by atoms with Crippen LogP contribution in [0.15, 0.2) is 71.6 Å². The predicted molar refractivity (Wildman–Crippen MR) is 123 cm³/mol. The molecule has 4 aromatic rings. The third-order valence-corrected chi connectivity index (χ3v) is 6.49. The van der Waals surface area contributed by atoms with Gasteiger partial charge in [-0.05, 0) is 42.9 Å². The highest BCUT2D eigenvalue weighted by molar-refractivity contribution is 7.89. The maximum absolute atomic E-state index is 12.0. The second-order valence-corrected chi connectivity index (χ2v) is 8.77. The zero-order chi connectivity index (χ0) is 22.0. The smallest absolute Gasteiger partial charge is 0.240 e. The lowest BCUT2D eigenvalue weighted by atomic mass is 10.0. The standard InChI is InChI=1S/C23H23N3O4S/c1-24-31(27,28)18-10-7-15(8-11-18)19-6-4-5-16-13-22(26-23(16)19)25-17-9-12-20(29-2)21(14-17)30-3/h4-14,24-26H,1-3H3. The molecule has 0 saturated heterocycles. The van der Waals surface area contributed by atoms with Crippen molar-refractivity contribution < 1.29 is 17.9 Å². The van der Waals surface area contributed by atoms with E-state index in [9.17, 15) is 8.42 Å². The van der Waals surface area contributed by atoms with Gasteiger partial charge in [-0.15, -0.1) is 0 Å². The van der Waals surface area contributed by atoms with Gasteiger partial charge in [0.25, 0.3) is 0 Å². The number of fused-ring (bicyclic) bond motifs is 1. The Kier molecular flexibility index (Phi) is 5.58. The van der Waals surface area contributed by atoms with Crippen LogP contribution in [-0.4, -0.2) is 34.7 Å². The van der Waals surface area contributed by atoms with E-state index in [4.69, 9.17) is 9.47 Å². The van der Waals surface area contributed by atoms with Crippen molar-refractivity contribution >= 4 is 32.4 Å². The van der Waals surface area contributed by atoms with Gasteiger partial charge in [0.2, 0.25) is 10.0 Å². The average Bonchev–Trinajstić information content (AvgIpc) is 3.21. The lowest BCUT2D eigenvalue weighted by Crippen LogP contribution is -2.18. The summed E-state index contributed by atoms with van der Waals surface area (Å²) in [6.45, 7) is 0. The van der Waals surface area contributed by atoms with Crippen LogP contribution in [0.1, 0.15) is 0 Å². The first kappa shape index (κ1) is 20.8. The summed E-state index contributed by atoms with van der Waals surface area (Å²) >= 11 is 0. The maximum Gasteiger partial charge on any atom is 0.240 e. The van der Waals surface area contributed by atoms with Crippen LogP contribution in [0.5, 0.6) is 11.5 Å². The molecule has 0 saturated carbocycles. The number of aromatic nitrogens is 1. The number of hydrogen-bond acceptors (Lipinski definition) is 5. The van der Waals surface area contributed by atoms with Gasteiger partial charge in [0.1, 0.15) is 5.82 Å². The van der Waals surface area contributed by atoms with Crippen molar-refractivity contribution in [3.8, 4) is 22.6 Å². The largest absolute Gasteiger partial charge is 0.493 e. The van der Waals surface area contributed by atoms with Gasteiger partial charge < -0.3 is 19.8 Å². The molecule has 8 heteroatoms. The lowest BCUT2D eigenvalue weighted by Gasteiger charge is -2.10. The van der Waals surface area contributed by atoms with Crippen LogP contribution in [0.4, 0.5) is 11.5 Å². The minimum atomic E-state index is -3.47. The minimum Gasteiger partial charge on any atom is -0.493 e. The van der Waals surface area contributed by atoms with Crippen LogP contribution in [0.3, 0.4) is 0 Å². The minimum absolute atomic E-state index is 0.230. The molecular formula is C23H23N3O4S. The monoisotopic (exact) mass is 437 g/mol. The van der Waals surface area contributed by atoms with Gasteiger partial charge in [0.05, 0.1) is 24.6 Å². The number of ether oxygens (including phenoxy) is 2. The zero-order valence-corrected chi connectivity index (χ0v) is 18.2. The van der Waals surface area contributed by atoms with E-state index < -0.39 is 10.0 Å². The molecule has 0 aliphatic carbocycles. The summed E-state index contributed by atoms with van der Waals surface area (Å²) in [5, 5.41) is 4.39. The predicted octanol–water partition coefficient (Wildman–Crippen LogP) is 4.50. The van der Waals surface area contributed by atoms with Crippen molar-refractivity contribution in [3.05, 3.63) is 66.7 Å². The van der Waals surface area contributed by atoms with Crippen LogP contribution in [0, 0.1) is 0 Å². The Bertz CT molecular complexity index is 1330. The number of methoxy groups -OCH3 is 2. The van der Waals surface area contributed by atoms with E-state index >= 15 is 0 Å². The maximum atomic E-state index is 12.0. The quantitative estimate of drug-likeness (QED) is 0.396. The fourth-order valence-corrected chi connectivity index (χ4v) is 4.20. The second kappa shape index (κ2) is 8.33. The van der Waals surface area contributed by atoms with Crippen molar-refractivity contribution in [3.63, 3.8) is 0 Å². The van der Waals surface area contributed by atoms with Crippen LogP contribution in [-0.2, 0) is 10.0 Å². The molecule has 0 unspecified atom stereocenters. The first-order valence-corrected chi connectivity index (χ1v) is 11.1. The molecule has 160 valence electrons. The first-order chi connectivity index (χ1) is 14.9. The number of benzene rings is 3. The summed E-state index contributed by atoms with van der Waals surface area (Å²) in [5.41, 5.74) is 3.70. The van der Waals surface area contributed by atoms with Crippen molar-refractivity contribution in [2.45, 2.75) is 4.90 Å². The number of hydrogen-bond donors (Lipinski definition) is 3. The Labute approximate surface area is 181 Å². The average molecular weight is 438 g/mol. The third-order valence-electron chi connectivity index (χ3n) is 5.06.